The molecule has 1 fully saturated rings. The molecule has 2 aromatic rings. The van der Waals surface area contributed by atoms with Gasteiger partial charge in [-0.1, -0.05) is 0 Å². The van der Waals surface area contributed by atoms with Gasteiger partial charge in [-0.25, -0.2) is 4.98 Å². The summed E-state index contributed by atoms with van der Waals surface area (Å²) >= 11 is 0. The summed E-state index contributed by atoms with van der Waals surface area (Å²) in [4.78, 5) is 16.1. The first-order valence-electron chi connectivity index (χ1n) is 6.89. The Bertz CT molecular complexity index is 687. The van der Waals surface area contributed by atoms with Crippen LogP contribution in [0.1, 0.15) is 18.4 Å². The molecule has 0 spiro atoms. The minimum Gasteiger partial charge on any atom is -0.481 e. The maximum absolute atomic E-state index is 11.9. The fraction of sp³-hybridized carbons (Fsp3) is 0.375. The first-order chi connectivity index (χ1) is 9.67. The van der Waals surface area contributed by atoms with E-state index in [0.717, 1.165) is 23.2 Å². The second-order valence-corrected chi connectivity index (χ2v) is 5.40. The molecule has 0 amide bonds. The van der Waals surface area contributed by atoms with Crippen LogP contribution in [0.5, 0.6) is 5.88 Å². The number of hydrogen-bond acceptors (Lipinski definition) is 3. The Morgan fingerprint density at radius 2 is 2.15 bits per heavy atom. The summed E-state index contributed by atoms with van der Waals surface area (Å²) in [5.41, 5.74) is 3.08. The van der Waals surface area contributed by atoms with Crippen LogP contribution in [0, 0.1) is 12.8 Å². The Balaban J connectivity index is 1.96. The van der Waals surface area contributed by atoms with Gasteiger partial charge < -0.3 is 9.30 Å². The predicted molar refractivity (Wildman–Crippen MR) is 77.9 cm³/mol. The van der Waals surface area contributed by atoms with Crippen LogP contribution < -0.4 is 10.3 Å². The van der Waals surface area contributed by atoms with E-state index >= 15 is 0 Å². The Labute approximate surface area is 118 Å². The third-order valence-corrected chi connectivity index (χ3v) is 3.69. The molecule has 104 valence electrons. The molecule has 0 aromatic carbocycles. The molecule has 0 aliphatic heterocycles. The maximum atomic E-state index is 11.9. The molecule has 0 N–H and O–H groups in total. The highest BCUT2D eigenvalue weighted by Crippen LogP contribution is 2.30. The summed E-state index contributed by atoms with van der Waals surface area (Å²) in [6.07, 6.45) is 6.19. The highest BCUT2D eigenvalue weighted by Gasteiger charge is 2.22. The summed E-state index contributed by atoms with van der Waals surface area (Å²) in [5.74, 6) is 1.32. The molecule has 0 atom stereocenters. The third kappa shape index (κ3) is 2.59. The van der Waals surface area contributed by atoms with Gasteiger partial charge in [-0.15, -0.1) is 0 Å². The number of ether oxygens (including phenoxy) is 1. The van der Waals surface area contributed by atoms with E-state index in [9.17, 15) is 4.79 Å². The Kier molecular flexibility index (Phi) is 3.30. The van der Waals surface area contributed by atoms with E-state index in [1.807, 2.05) is 29.8 Å². The summed E-state index contributed by atoms with van der Waals surface area (Å²) in [6.45, 7) is 2.80. The minimum atomic E-state index is 0.0684. The summed E-state index contributed by atoms with van der Waals surface area (Å²) in [5, 5.41) is 0. The van der Waals surface area contributed by atoms with Gasteiger partial charge in [0.1, 0.15) is 0 Å². The van der Waals surface area contributed by atoms with Crippen molar-refractivity contribution in [2.24, 2.45) is 5.92 Å². The van der Waals surface area contributed by atoms with Crippen LogP contribution >= 0.6 is 0 Å². The molecule has 2 heterocycles. The van der Waals surface area contributed by atoms with Crippen LogP contribution in [0.2, 0.25) is 0 Å². The molecular weight excluding hydrogens is 252 g/mol. The highest BCUT2D eigenvalue weighted by molar-refractivity contribution is 5.62. The zero-order chi connectivity index (χ0) is 14.1. The van der Waals surface area contributed by atoms with Crippen molar-refractivity contribution in [1.29, 1.82) is 0 Å². The van der Waals surface area contributed by atoms with Gasteiger partial charge in [0.2, 0.25) is 5.88 Å². The quantitative estimate of drug-likeness (QED) is 0.858. The van der Waals surface area contributed by atoms with Crippen LogP contribution in [0.15, 0.2) is 35.4 Å². The van der Waals surface area contributed by atoms with Gasteiger partial charge in [0.05, 0.1) is 7.11 Å². The Hall–Kier alpha value is -2.10. The molecule has 20 heavy (non-hydrogen) atoms. The first-order valence-corrected chi connectivity index (χ1v) is 6.89. The first kappa shape index (κ1) is 12.9. The van der Waals surface area contributed by atoms with Crippen molar-refractivity contribution in [1.82, 2.24) is 9.55 Å². The van der Waals surface area contributed by atoms with Gasteiger partial charge in [-0.3, -0.25) is 4.79 Å². The molecule has 3 rings (SSSR count). The van der Waals surface area contributed by atoms with Crippen LogP contribution in [-0.2, 0) is 6.54 Å². The van der Waals surface area contributed by atoms with Crippen molar-refractivity contribution in [3.05, 3.63) is 46.5 Å². The molecular formula is C16H18N2O2. The van der Waals surface area contributed by atoms with Crippen LogP contribution in [0.3, 0.4) is 0 Å². The molecule has 0 saturated heterocycles. The molecule has 1 aliphatic rings. The lowest BCUT2D eigenvalue weighted by molar-refractivity contribution is 0.394. The van der Waals surface area contributed by atoms with Crippen molar-refractivity contribution >= 4 is 0 Å². The van der Waals surface area contributed by atoms with Crippen molar-refractivity contribution in [2.45, 2.75) is 26.3 Å². The molecule has 1 aliphatic carbocycles. The van der Waals surface area contributed by atoms with Crippen molar-refractivity contribution in [3.63, 3.8) is 0 Å². The maximum Gasteiger partial charge on any atom is 0.250 e. The number of methoxy groups -OCH3 is 1. The van der Waals surface area contributed by atoms with E-state index in [1.165, 1.54) is 12.8 Å². The summed E-state index contributed by atoms with van der Waals surface area (Å²) in [6, 6.07) is 5.53. The predicted octanol–water partition coefficient (Wildman–Crippen LogP) is 2.64. The van der Waals surface area contributed by atoms with Gasteiger partial charge in [-0.05, 0) is 43.4 Å². The van der Waals surface area contributed by atoms with E-state index in [-0.39, 0.29) is 5.56 Å². The number of aryl methyl sites for hydroxylation is 1. The van der Waals surface area contributed by atoms with E-state index < -0.39 is 0 Å². The second kappa shape index (κ2) is 5.12. The average Bonchev–Trinajstić information content (AvgIpc) is 3.25. The van der Waals surface area contributed by atoms with Crippen LogP contribution in [-0.4, -0.2) is 16.7 Å². The third-order valence-electron chi connectivity index (χ3n) is 3.69. The van der Waals surface area contributed by atoms with Crippen molar-refractivity contribution < 1.29 is 4.74 Å². The van der Waals surface area contributed by atoms with Crippen LogP contribution in [0.25, 0.3) is 11.1 Å². The Morgan fingerprint density at radius 1 is 1.35 bits per heavy atom. The van der Waals surface area contributed by atoms with Gasteiger partial charge in [0.25, 0.3) is 5.56 Å². The van der Waals surface area contributed by atoms with E-state index in [1.54, 1.807) is 19.4 Å². The highest BCUT2D eigenvalue weighted by atomic mass is 16.5. The normalized spacial score (nSPS) is 14.3. The summed E-state index contributed by atoms with van der Waals surface area (Å²) < 4.78 is 6.99. The number of rotatable bonds is 4. The number of hydrogen-bond donors (Lipinski definition) is 0. The standard InChI is InChI=1S/C16H18N2O2/c1-11-7-14(8-17-16(11)20-2)13-5-6-15(19)18(10-13)9-12-3-4-12/h5-8,10,12H,3-4,9H2,1-2H3. The van der Waals surface area contributed by atoms with Gasteiger partial charge >= 0.3 is 0 Å². The topological polar surface area (TPSA) is 44.1 Å². The minimum absolute atomic E-state index is 0.0684. The SMILES string of the molecule is COc1ncc(-c2ccc(=O)n(CC3CC3)c2)cc1C. The van der Waals surface area contributed by atoms with Gasteiger partial charge in [0.15, 0.2) is 0 Å². The van der Waals surface area contributed by atoms with Crippen molar-refractivity contribution in [3.8, 4) is 17.0 Å². The molecule has 4 nitrogen and oxygen atoms in total. The van der Waals surface area contributed by atoms with E-state index in [4.69, 9.17) is 4.74 Å². The largest absolute Gasteiger partial charge is 0.481 e. The lowest BCUT2D eigenvalue weighted by Gasteiger charge is -2.09. The number of aromatic nitrogens is 2. The summed E-state index contributed by atoms with van der Waals surface area (Å²) in [7, 11) is 1.62. The lowest BCUT2D eigenvalue weighted by atomic mass is 10.1. The number of nitrogens with zero attached hydrogens (tertiary/aromatic N) is 2. The molecule has 0 unspecified atom stereocenters. The van der Waals surface area contributed by atoms with Crippen LogP contribution in [0.4, 0.5) is 0 Å². The van der Waals surface area contributed by atoms with E-state index in [2.05, 4.69) is 4.98 Å². The molecule has 4 heteroatoms. The Morgan fingerprint density at radius 3 is 2.80 bits per heavy atom. The van der Waals surface area contributed by atoms with Gasteiger partial charge in [-0.2, -0.15) is 0 Å². The monoisotopic (exact) mass is 270 g/mol. The molecule has 2 aromatic heterocycles. The number of pyridine rings is 2. The average molecular weight is 270 g/mol. The second-order valence-electron chi connectivity index (χ2n) is 5.40. The molecule has 0 bridgehead atoms. The smallest absolute Gasteiger partial charge is 0.250 e. The van der Waals surface area contributed by atoms with E-state index in [0.29, 0.717) is 11.8 Å². The molecule has 1 saturated carbocycles. The molecule has 0 radical (unpaired) electrons. The van der Waals surface area contributed by atoms with Crippen molar-refractivity contribution in [2.75, 3.05) is 7.11 Å². The fourth-order valence-electron chi connectivity index (χ4n) is 2.36. The zero-order valence-corrected chi connectivity index (χ0v) is 11.8. The zero-order valence-electron chi connectivity index (χ0n) is 11.8. The lowest BCUT2D eigenvalue weighted by Crippen LogP contribution is -2.19. The van der Waals surface area contributed by atoms with Gasteiger partial charge in [0, 0.05) is 36.1 Å². The fourth-order valence-corrected chi connectivity index (χ4v) is 2.36.